The van der Waals surface area contributed by atoms with E-state index in [4.69, 9.17) is 9.47 Å². The number of thiazole rings is 1. The number of nitrogens with zero attached hydrogens (tertiary/aromatic N) is 2. The number of halogens is 3. The molecule has 2 N–H and O–H groups in total. The second-order valence-electron chi connectivity index (χ2n) is 7.55. The van der Waals surface area contributed by atoms with Gasteiger partial charge in [-0.1, -0.05) is 24.2 Å². The Balaban J connectivity index is 1.54. The van der Waals surface area contributed by atoms with E-state index in [2.05, 4.69) is 19.6 Å². The van der Waals surface area contributed by atoms with Crippen LogP contribution in [0.1, 0.15) is 35.3 Å². The number of hydrogen-bond donors (Lipinski definition) is 2. The van der Waals surface area contributed by atoms with Crippen LogP contribution in [0, 0.1) is 5.92 Å². The van der Waals surface area contributed by atoms with Crippen molar-refractivity contribution in [2.45, 2.75) is 32.7 Å². The number of methoxy groups -OCH3 is 1. The van der Waals surface area contributed by atoms with Crippen LogP contribution in [0.3, 0.4) is 0 Å². The summed E-state index contributed by atoms with van der Waals surface area (Å²) in [7, 11) is 1.49. The number of hydrogen-bond acceptors (Lipinski definition) is 8. The molecule has 0 saturated heterocycles. The minimum Gasteiger partial charge on any atom is -0.496 e. The molecule has 1 atom stereocenters. The first-order chi connectivity index (χ1) is 16.2. The van der Waals surface area contributed by atoms with E-state index in [-0.39, 0.29) is 25.0 Å². The maximum Gasteiger partial charge on any atom is 0.439 e. The van der Waals surface area contributed by atoms with Gasteiger partial charge in [-0.25, -0.2) is 9.78 Å². The van der Waals surface area contributed by atoms with Crippen molar-refractivity contribution in [3.8, 4) is 10.6 Å². The Labute approximate surface area is 195 Å². The Morgan fingerprint density at radius 3 is 2.62 bits per heavy atom. The average molecular weight is 495 g/mol. The number of aromatic amines is 1. The number of nitrogens with one attached hydrogen (secondary N) is 1. The molecule has 0 amide bonds. The molecule has 2 heterocycles. The topological polar surface area (TPSA) is 110 Å². The lowest BCUT2D eigenvalue weighted by Gasteiger charge is -2.23. The quantitative estimate of drug-likeness (QED) is 0.497. The molecule has 1 aliphatic carbocycles. The number of H-pyrrole nitrogens is 1. The van der Waals surface area contributed by atoms with Crippen LogP contribution < -0.4 is 5.76 Å². The van der Waals surface area contributed by atoms with E-state index in [0.29, 0.717) is 44.7 Å². The predicted octanol–water partition coefficient (Wildman–Crippen LogP) is 4.50. The summed E-state index contributed by atoms with van der Waals surface area (Å²) in [5.74, 6) is 0.609. The Morgan fingerprint density at radius 1 is 1.29 bits per heavy atom. The Morgan fingerprint density at radius 2 is 2.03 bits per heavy atom. The lowest BCUT2D eigenvalue weighted by Crippen LogP contribution is -2.13. The summed E-state index contributed by atoms with van der Waals surface area (Å²) < 4.78 is 54.5. The van der Waals surface area contributed by atoms with Gasteiger partial charge >= 0.3 is 11.9 Å². The molecular weight excluding hydrogens is 475 g/mol. The molecule has 0 aliphatic heterocycles. The van der Waals surface area contributed by atoms with E-state index >= 15 is 0 Å². The van der Waals surface area contributed by atoms with Crippen LogP contribution in [0.2, 0.25) is 0 Å². The first kappa shape index (κ1) is 23.8. The van der Waals surface area contributed by atoms with Gasteiger partial charge in [0.25, 0.3) is 0 Å². The van der Waals surface area contributed by atoms with Crippen LogP contribution in [-0.2, 0) is 28.9 Å². The molecule has 8 nitrogen and oxygen atoms in total. The number of alkyl halides is 3. The minimum absolute atomic E-state index is 0.0998. The van der Waals surface area contributed by atoms with Gasteiger partial charge in [0.1, 0.15) is 23.1 Å². The lowest BCUT2D eigenvalue weighted by molar-refractivity contribution is -0.137. The first-order valence-corrected chi connectivity index (χ1v) is 11.0. The second-order valence-corrected chi connectivity index (χ2v) is 8.64. The molecule has 0 radical (unpaired) electrons. The minimum atomic E-state index is -4.42. The third-order valence-electron chi connectivity index (χ3n) is 5.25. The predicted molar refractivity (Wildman–Crippen MR) is 116 cm³/mol. The zero-order chi connectivity index (χ0) is 24.5. The summed E-state index contributed by atoms with van der Waals surface area (Å²) in [6.45, 7) is 1.70. The van der Waals surface area contributed by atoms with Crippen molar-refractivity contribution in [1.29, 1.82) is 0 Å². The second kappa shape index (κ2) is 9.47. The highest BCUT2D eigenvalue weighted by Crippen LogP contribution is 2.37. The fourth-order valence-corrected chi connectivity index (χ4v) is 4.59. The number of rotatable bonds is 7. The zero-order valence-corrected chi connectivity index (χ0v) is 18.9. The lowest BCUT2D eigenvalue weighted by atomic mass is 9.90. The highest BCUT2D eigenvalue weighted by Gasteiger charge is 2.30. The van der Waals surface area contributed by atoms with Crippen molar-refractivity contribution in [3.63, 3.8) is 0 Å². The summed E-state index contributed by atoms with van der Waals surface area (Å²) in [6, 6.07) is 4.70. The van der Waals surface area contributed by atoms with Crippen LogP contribution in [0.4, 0.5) is 13.2 Å². The molecule has 0 spiro atoms. The molecule has 2 aromatic heterocycles. The zero-order valence-electron chi connectivity index (χ0n) is 18.1. The van der Waals surface area contributed by atoms with E-state index in [1.165, 1.54) is 30.6 Å². The highest BCUT2D eigenvalue weighted by molar-refractivity contribution is 7.15. The van der Waals surface area contributed by atoms with Crippen LogP contribution in [0.15, 0.2) is 51.2 Å². The number of allylic oxidation sites excluding steroid dienone is 3. The van der Waals surface area contributed by atoms with Gasteiger partial charge in [-0.15, -0.1) is 11.3 Å². The van der Waals surface area contributed by atoms with Gasteiger partial charge < -0.3 is 14.6 Å². The van der Waals surface area contributed by atoms with E-state index < -0.39 is 17.5 Å². The smallest absolute Gasteiger partial charge is 0.439 e. The molecule has 1 aromatic carbocycles. The van der Waals surface area contributed by atoms with Crippen molar-refractivity contribution in [2.24, 2.45) is 5.92 Å². The summed E-state index contributed by atoms with van der Waals surface area (Å²) in [5, 5.41) is 13.9. The summed E-state index contributed by atoms with van der Waals surface area (Å²) in [6.07, 6.45) is -2.23. The third-order valence-corrected chi connectivity index (χ3v) is 6.37. The SMILES string of the molecule is COC1=C(c2noc(=O)[nH]2)C(C)CC(OCc2sc(-c3ccc(C(F)(F)F)cc3)nc2CO)=C1. The van der Waals surface area contributed by atoms with Gasteiger partial charge in [0.2, 0.25) is 0 Å². The maximum absolute atomic E-state index is 12.8. The van der Waals surface area contributed by atoms with Gasteiger partial charge in [-0.2, -0.15) is 13.2 Å². The van der Waals surface area contributed by atoms with Crippen molar-refractivity contribution >= 4 is 16.9 Å². The largest absolute Gasteiger partial charge is 0.496 e. The number of aliphatic hydroxyl groups is 1. The molecule has 12 heteroatoms. The van der Waals surface area contributed by atoms with Gasteiger partial charge in [0, 0.05) is 23.6 Å². The highest BCUT2D eigenvalue weighted by atomic mass is 32.1. The van der Waals surface area contributed by atoms with Gasteiger partial charge in [-0.05, 0) is 18.1 Å². The standard InChI is InChI=1S/C22H20F3N3O5S/c1-11-7-14(8-16(31-2)18(11)19-27-21(30)33-28-19)32-10-17-15(9-29)26-20(34-17)12-3-5-13(6-4-12)22(23,24)25/h3-6,8,11,29H,7,9-10H2,1-2H3,(H,27,28,30). The van der Waals surface area contributed by atoms with E-state index in [0.717, 1.165) is 12.1 Å². The molecule has 3 aromatic rings. The third kappa shape index (κ3) is 4.92. The van der Waals surface area contributed by atoms with E-state index in [1.807, 2.05) is 6.92 Å². The Hall–Kier alpha value is -3.38. The molecule has 0 saturated carbocycles. The van der Waals surface area contributed by atoms with Crippen LogP contribution in [-0.4, -0.2) is 27.3 Å². The number of aromatic nitrogens is 3. The summed E-state index contributed by atoms with van der Waals surface area (Å²) in [5.41, 5.74) is 0.848. The fraction of sp³-hybridized carbons (Fsp3) is 0.318. The first-order valence-electron chi connectivity index (χ1n) is 10.1. The molecule has 1 unspecified atom stereocenters. The number of aliphatic hydroxyl groups excluding tert-OH is 1. The Kier molecular flexibility index (Phi) is 6.62. The van der Waals surface area contributed by atoms with Crippen molar-refractivity contribution < 1.29 is 32.3 Å². The molecule has 180 valence electrons. The van der Waals surface area contributed by atoms with E-state index in [9.17, 15) is 23.1 Å². The fourth-order valence-electron chi connectivity index (χ4n) is 3.60. The van der Waals surface area contributed by atoms with Gasteiger partial charge in [0.15, 0.2) is 5.82 Å². The normalized spacial score (nSPS) is 16.5. The van der Waals surface area contributed by atoms with Crippen molar-refractivity contribution in [1.82, 2.24) is 15.1 Å². The molecule has 0 bridgehead atoms. The van der Waals surface area contributed by atoms with Crippen LogP contribution >= 0.6 is 11.3 Å². The van der Waals surface area contributed by atoms with Crippen LogP contribution in [0.5, 0.6) is 0 Å². The molecule has 1 aliphatic rings. The molecule has 0 fully saturated rings. The molecule has 34 heavy (non-hydrogen) atoms. The number of benzene rings is 1. The van der Waals surface area contributed by atoms with Crippen molar-refractivity contribution in [3.05, 3.63) is 74.4 Å². The monoisotopic (exact) mass is 495 g/mol. The van der Waals surface area contributed by atoms with Gasteiger partial charge in [0.05, 0.1) is 29.9 Å². The summed E-state index contributed by atoms with van der Waals surface area (Å²) >= 11 is 1.24. The maximum atomic E-state index is 12.8. The average Bonchev–Trinajstić information content (AvgIpc) is 3.42. The van der Waals surface area contributed by atoms with Crippen molar-refractivity contribution in [2.75, 3.05) is 7.11 Å². The van der Waals surface area contributed by atoms with Gasteiger partial charge in [-0.3, -0.25) is 9.51 Å². The molecular formula is C22H20F3N3O5S. The summed E-state index contributed by atoms with van der Waals surface area (Å²) in [4.78, 5) is 18.8. The van der Waals surface area contributed by atoms with E-state index in [1.54, 1.807) is 6.08 Å². The Bertz CT molecular complexity index is 1290. The van der Waals surface area contributed by atoms with Crippen LogP contribution in [0.25, 0.3) is 16.1 Å². The molecule has 4 rings (SSSR count). The number of ether oxygens (including phenoxy) is 2.